The number of likely N-dealkylation sites (N-methyl/N-ethyl adjacent to an activating group) is 1. The van der Waals surface area contributed by atoms with Gasteiger partial charge in [0.15, 0.2) is 0 Å². The first-order chi connectivity index (χ1) is 18.2. The third kappa shape index (κ3) is 5.58. The molecular weight excluding hydrogens is 515 g/mol. The van der Waals surface area contributed by atoms with Crippen molar-refractivity contribution in [2.24, 2.45) is 0 Å². The van der Waals surface area contributed by atoms with E-state index < -0.39 is 18.3 Å². The van der Waals surface area contributed by atoms with E-state index in [1.807, 2.05) is 19.0 Å². The quantitative estimate of drug-likeness (QED) is 0.463. The maximum Gasteiger partial charge on any atom is 0.408 e. The van der Waals surface area contributed by atoms with Crippen molar-refractivity contribution in [3.05, 3.63) is 53.1 Å². The Morgan fingerprint density at radius 3 is 2.56 bits per heavy atom. The number of aryl methyl sites for hydroxylation is 1. The van der Waals surface area contributed by atoms with Gasteiger partial charge in [0.2, 0.25) is 5.88 Å². The van der Waals surface area contributed by atoms with Gasteiger partial charge in [0, 0.05) is 31.0 Å². The third-order valence-corrected chi connectivity index (χ3v) is 6.42. The number of carbonyl (C=O) groups excluding carboxylic acids is 2. The largest absolute Gasteiger partial charge is 0.480 e. The molecule has 0 saturated carbocycles. The lowest BCUT2D eigenvalue weighted by Crippen LogP contribution is -2.39. The normalized spacial score (nSPS) is 14.6. The van der Waals surface area contributed by atoms with Gasteiger partial charge >= 0.3 is 6.18 Å². The predicted octanol–water partition coefficient (Wildman–Crippen LogP) is 3.41. The van der Waals surface area contributed by atoms with E-state index in [0.717, 1.165) is 4.68 Å². The first-order valence-electron chi connectivity index (χ1n) is 12.2. The zero-order chi connectivity index (χ0) is 28.7. The molecule has 0 saturated heterocycles. The Kier molecular flexibility index (Phi) is 7.39. The molecule has 13 heteroatoms. The van der Waals surface area contributed by atoms with Crippen molar-refractivity contribution in [3.8, 4) is 17.1 Å². The molecule has 208 valence electrons. The van der Waals surface area contributed by atoms with Crippen LogP contribution in [0.1, 0.15) is 45.8 Å². The minimum Gasteiger partial charge on any atom is -0.480 e. The van der Waals surface area contributed by atoms with Crippen LogP contribution in [-0.4, -0.2) is 76.9 Å². The number of anilines is 1. The molecule has 2 amide bonds. The lowest BCUT2D eigenvalue weighted by atomic mass is 9.96. The first-order valence-corrected chi connectivity index (χ1v) is 12.2. The second-order valence-corrected chi connectivity index (χ2v) is 10.1. The fraction of sp³-hybridized carbons (Fsp3) is 0.423. The molecule has 0 spiro atoms. The smallest absolute Gasteiger partial charge is 0.408 e. The minimum absolute atomic E-state index is 0.163. The molecule has 1 aliphatic rings. The molecule has 4 heterocycles. The zero-order valence-electron chi connectivity index (χ0n) is 22.5. The lowest BCUT2D eigenvalue weighted by molar-refractivity contribution is -0.142. The molecule has 39 heavy (non-hydrogen) atoms. The van der Waals surface area contributed by atoms with Gasteiger partial charge in [-0.1, -0.05) is 0 Å². The SMILES string of the molecule is COc1ncc(-c2cc(C)c3c(n2)C(C)(C)N(c2cnn(CC(F)(F)F)c2)C3=O)cc1C(=O)NCCN(C)C. The Morgan fingerprint density at radius 2 is 1.92 bits per heavy atom. The van der Waals surface area contributed by atoms with Crippen LogP contribution in [0.2, 0.25) is 0 Å². The number of pyridine rings is 2. The molecule has 0 radical (unpaired) electrons. The summed E-state index contributed by atoms with van der Waals surface area (Å²) in [5.74, 6) is -0.568. The van der Waals surface area contributed by atoms with Gasteiger partial charge in [-0.15, -0.1) is 0 Å². The van der Waals surface area contributed by atoms with Gasteiger partial charge in [-0.25, -0.2) is 9.97 Å². The topological polar surface area (TPSA) is 105 Å². The number of nitrogens with one attached hydrogen (secondary N) is 1. The summed E-state index contributed by atoms with van der Waals surface area (Å²) >= 11 is 0. The first kappa shape index (κ1) is 28.0. The van der Waals surface area contributed by atoms with Crippen molar-refractivity contribution in [2.75, 3.05) is 39.2 Å². The molecule has 1 aliphatic heterocycles. The van der Waals surface area contributed by atoms with Crippen LogP contribution in [0, 0.1) is 6.92 Å². The Balaban J connectivity index is 1.70. The third-order valence-electron chi connectivity index (χ3n) is 6.42. The fourth-order valence-electron chi connectivity index (χ4n) is 4.59. The molecule has 10 nitrogen and oxygen atoms in total. The number of rotatable bonds is 8. The Bertz CT molecular complexity index is 1420. The highest BCUT2D eigenvalue weighted by molar-refractivity contribution is 6.12. The fourth-order valence-corrected chi connectivity index (χ4v) is 4.59. The van der Waals surface area contributed by atoms with Gasteiger partial charge < -0.3 is 15.0 Å². The number of ether oxygens (including phenoxy) is 1. The van der Waals surface area contributed by atoms with E-state index in [-0.39, 0.29) is 28.9 Å². The molecule has 3 aromatic rings. The Morgan fingerprint density at radius 1 is 1.21 bits per heavy atom. The van der Waals surface area contributed by atoms with E-state index >= 15 is 0 Å². The number of fused-ring (bicyclic) bond motifs is 1. The average molecular weight is 546 g/mol. The molecule has 0 atom stereocenters. The van der Waals surface area contributed by atoms with Crippen molar-refractivity contribution < 1.29 is 27.5 Å². The van der Waals surface area contributed by atoms with E-state index in [4.69, 9.17) is 9.72 Å². The maximum absolute atomic E-state index is 13.5. The molecule has 1 N–H and O–H groups in total. The van der Waals surface area contributed by atoms with Gasteiger partial charge in [-0.05, 0) is 52.6 Å². The summed E-state index contributed by atoms with van der Waals surface area (Å²) in [6.45, 7) is 5.12. The highest BCUT2D eigenvalue weighted by Crippen LogP contribution is 2.43. The number of aromatic nitrogens is 4. The van der Waals surface area contributed by atoms with Crippen LogP contribution in [0.3, 0.4) is 0 Å². The lowest BCUT2D eigenvalue weighted by Gasteiger charge is -2.30. The van der Waals surface area contributed by atoms with Gasteiger partial charge in [-0.3, -0.25) is 19.2 Å². The summed E-state index contributed by atoms with van der Waals surface area (Å²) in [6.07, 6.45) is -0.476. The van der Waals surface area contributed by atoms with Crippen molar-refractivity contribution in [1.82, 2.24) is 30.0 Å². The summed E-state index contributed by atoms with van der Waals surface area (Å²) < 4.78 is 44.6. The molecule has 0 fully saturated rings. The highest BCUT2D eigenvalue weighted by Gasteiger charge is 2.47. The Labute approximate surface area is 223 Å². The molecule has 0 bridgehead atoms. The summed E-state index contributed by atoms with van der Waals surface area (Å²) in [5, 5.41) is 6.64. The molecule has 0 aromatic carbocycles. The van der Waals surface area contributed by atoms with E-state index in [1.54, 1.807) is 32.9 Å². The molecule has 4 rings (SSSR count). The maximum atomic E-state index is 13.5. The number of alkyl halides is 3. The van der Waals surface area contributed by atoms with Crippen LogP contribution in [0.4, 0.5) is 18.9 Å². The molecular formula is C26H30F3N7O3. The van der Waals surface area contributed by atoms with E-state index in [9.17, 15) is 22.8 Å². The van der Waals surface area contributed by atoms with E-state index in [1.165, 1.54) is 30.6 Å². The summed E-state index contributed by atoms with van der Waals surface area (Å²) in [6, 6.07) is 3.36. The minimum atomic E-state index is -4.45. The van der Waals surface area contributed by atoms with Crippen molar-refractivity contribution >= 4 is 17.5 Å². The van der Waals surface area contributed by atoms with Crippen LogP contribution >= 0.6 is 0 Å². The van der Waals surface area contributed by atoms with E-state index in [2.05, 4.69) is 15.4 Å². The molecule has 0 aliphatic carbocycles. The van der Waals surface area contributed by atoms with Crippen LogP contribution in [0.15, 0.2) is 30.7 Å². The second-order valence-electron chi connectivity index (χ2n) is 10.1. The number of halogens is 3. The van der Waals surface area contributed by atoms with Crippen LogP contribution in [-0.2, 0) is 12.1 Å². The highest BCUT2D eigenvalue weighted by atomic mass is 19.4. The standard InChI is InChI=1S/C26H30F3N7O3/c1-15-9-19(16-10-18(23(39-6)31-11-16)22(37)30-7-8-34(4)5)33-21-20(15)24(38)36(25(21,2)3)17-12-32-35(13-17)14-26(27,28)29/h9-13H,7-8,14H2,1-6H3,(H,30,37). The zero-order valence-corrected chi connectivity index (χ0v) is 22.5. The van der Waals surface area contributed by atoms with Crippen molar-refractivity contribution in [2.45, 2.75) is 39.0 Å². The molecule has 0 unspecified atom stereocenters. The molecule has 3 aromatic heterocycles. The summed E-state index contributed by atoms with van der Waals surface area (Å²) in [5.41, 5.74) is 1.96. The van der Waals surface area contributed by atoms with Crippen LogP contribution < -0.4 is 15.0 Å². The van der Waals surface area contributed by atoms with Gasteiger partial charge in [0.1, 0.15) is 12.1 Å². The van der Waals surface area contributed by atoms with Crippen molar-refractivity contribution in [1.29, 1.82) is 0 Å². The van der Waals surface area contributed by atoms with Gasteiger partial charge in [0.05, 0.1) is 41.5 Å². The average Bonchev–Trinajstić information content (AvgIpc) is 3.35. The monoisotopic (exact) mass is 545 g/mol. The summed E-state index contributed by atoms with van der Waals surface area (Å²) in [7, 11) is 5.23. The van der Waals surface area contributed by atoms with Crippen LogP contribution in [0.25, 0.3) is 11.3 Å². The summed E-state index contributed by atoms with van der Waals surface area (Å²) in [4.78, 5) is 38.8. The number of methoxy groups -OCH3 is 1. The number of carbonyl (C=O) groups is 2. The van der Waals surface area contributed by atoms with Crippen LogP contribution in [0.5, 0.6) is 5.88 Å². The number of nitrogens with zero attached hydrogens (tertiary/aromatic N) is 6. The number of hydrogen-bond donors (Lipinski definition) is 1. The van der Waals surface area contributed by atoms with E-state index in [0.29, 0.717) is 41.2 Å². The van der Waals surface area contributed by atoms with Gasteiger partial charge in [0.25, 0.3) is 11.8 Å². The number of amides is 2. The van der Waals surface area contributed by atoms with Crippen molar-refractivity contribution in [3.63, 3.8) is 0 Å². The second kappa shape index (κ2) is 10.3. The predicted molar refractivity (Wildman–Crippen MR) is 138 cm³/mol. The van der Waals surface area contributed by atoms with Gasteiger partial charge in [-0.2, -0.15) is 18.3 Å². The Hall–Kier alpha value is -4.00. The number of hydrogen-bond acceptors (Lipinski definition) is 7.